The third-order valence-corrected chi connectivity index (χ3v) is 5.21. The van der Waals surface area contributed by atoms with Crippen LogP contribution in [-0.4, -0.2) is 27.9 Å². The van der Waals surface area contributed by atoms with Gasteiger partial charge in [-0.25, -0.2) is 4.98 Å². The van der Waals surface area contributed by atoms with Crippen molar-refractivity contribution in [3.63, 3.8) is 0 Å². The highest BCUT2D eigenvalue weighted by molar-refractivity contribution is 6.10. The Labute approximate surface area is 178 Å². The Kier molecular flexibility index (Phi) is 4.84. The molecule has 0 unspecified atom stereocenters. The average Bonchev–Trinajstić information content (AvgIpc) is 3.15. The Morgan fingerprint density at radius 3 is 2.58 bits per heavy atom. The van der Waals surface area contributed by atoms with Gasteiger partial charge in [-0.05, 0) is 36.4 Å². The number of hydrogen-bond donors (Lipinski definition) is 1. The van der Waals surface area contributed by atoms with Gasteiger partial charge in [0.25, 0.3) is 0 Å². The molecule has 7 heteroatoms. The van der Waals surface area contributed by atoms with E-state index in [1.165, 1.54) is 4.90 Å². The number of carbonyl (C=O) groups is 2. The monoisotopic (exact) mass is 412 g/mol. The summed E-state index contributed by atoms with van der Waals surface area (Å²) < 4.78 is 7.75. The lowest BCUT2D eigenvalue weighted by Gasteiger charge is -2.29. The molecule has 1 aromatic heterocycles. The Bertz CT molecular complexity index is 1270. The van der Waals surface area contributed by atoms with E-state index in [9.17, 15) is 9.59 Å². The van der Waals surface area contributed by atoms with Gasteiger partial charge in [0.2, 0.25) is 11.8 Å². The lowest BCUT2D eigenvalue weighted by atomic mass is 10.2. The van der Waals surface area contributed by atoms with Crippen molar-refractivity contribution in [2.45, 2.75) is 13.2 Å². The molecule has 7 nitrogen and oxygen atoms in total. The molecule has 0 saturated carbocycles. The van der Waals surface area contributed by atoms with Crippen LogP contribution in [0.4, 0.5) is 11.4 Å². The van der Waals surface area contributed by atoms with Gasteiger partial charge >= 0.3 is 0 Å². The largest absolute Gasteiger partial charge is 0.486 e. The molecular formula is C24H20N4O3. The molecule has 0 fully saturated rings. The minimum absolute atomic E-state index is 0.0156. The van der Waals surface area contributed by atoms with Crippen LogP contribution in [-0.2, 0) is 22.7 Å². The molecule has 3 aromatic carbocycles. The second-order valence-corrected chi connectivity index (χ2v) is 7.25. The zero-order chi connectivity index (χ0) is 21.2. The van der Waals surface area contributed by atoms with Crippen LogP contribution in [0.1, 0.15) is 5.82 Å². The SMILES string of the molecule is O=C1CN(C(=O)Cn2c(COc3ccccc3)nc3ccccc32)c2ccccc2N1. The lowest BCUT2D eigenvalue weighted by molar-refractivity contribution is -0.122. The fourth-order valence-corrected chi connectivity index (χ4v) is 3.75. The molecule has 31 heavy (non-hydrogen) atoms. The number of nitrogens with one attached hydrogen (secondary N) is 1. The van der Waals surface area contributed by atoms with Crippen molar-refractivity contribution in [3.05, 3.63) is 84.7 Å². The molecule has 0 bridgehead atoms. The summed E-state index contributed by atoms with van der Waals surface area (Å²) in [7, 11) is 0. The molecule has 154 valence electrons. The highest BCUT2D eigenvalue weighted by Crippen LogP contribution is 2.29. The van der Waals surface area contributed by atoms with Gasteiger partial charge in [0.15, 0.2) is 0 Å². The van der Waals surface area contributed by atoms with E-state index in [-0.39, 0.29) is 31.5 Å². The molecule has 0 aliphatic carbocycles. The van der Waals surface area contributed by atoms with E-state index < -0.39 is 0 Å². The van der Waals surface area contributed by atoms with Gasteiger partial charge in [0, 0.05) is 0 Å². The number of amides is 2. The minimum atomic E-state index is -0.213. The van der Waals surface area contributed by atoms with Crippen LogP contribution in [0.2, 0.25) is 0 Å². The standard InChI is InChI=1S/C24H20N4O3/c29-23-14-28(21-13-7-5-11-19(21)26-23)24(30)15-27-20-12-6-4-10-18(20)25-22(27)16-31-17-8-2-1-3-9-17/h1-13H,14-16H2,(H,26,29). The highest BCUT2D eigenvalue weighted by atomic mass is 16.5. The average molecular weight is 412 g/mol. The fraction of sp³-hybridized carbons (Fsp3) is 0.125. The first kappa shape index (κ1) is 18.9. The normalized spacial score (nSPS) is 13.0. The predicted molar refractivity (Wildman–Crippen MR) is 118 cm³/mol. The minimum Gasteiger partial charge on any atom is -0.486 e. The van der Waals surface area contributed by atoms with Gasteiger partial charge in [-0.2, -0.15) is 0 Å². The summed E-state index contributed by atoms with van der Waals surface area (Å²) >= 11 is 0. The van der Waals surface area contributed by atoms with Gasteiger partial charge in [-0.1, -0.05) is 42.5 Å². The molecule has 1 aliphatic rings. The third-order valence-electron chi connectivity index (χ3n) is 5.21. The summed E-state index contributed by atoms with van der Waals surface area (Å²) in [5.74, 6) is 0.976. The van der Waals surface area contributed by atoms with E-state index in [0.29, 0.717) is 17.2 Å². The van der Waals surface area contributed by atoms with Crippen molar-refractivity contribution in [3.8, 4) is 5.75 Å². The summed E-state index contributed by atoms with van der Waals surface area (Å²) in [4.78, 5) is 31.6. The Morgan fingerprint density at radius 1 is 0.968 bits per heavy atom. The summed E-state index contributed by atoms with van der Waals surface area (Å²) in [6.07, 6.45) is 0. The highest BCUT2D eigenvalue weighted by Gasteiger charge is 2.27. The van der Waals surface area contributed by atoms with Gasteiger partial charge in [0.1, 0.15) is 31.3 Å². The fourth-order valence-electron chi connectivity index (χ4n) is 3.75. The molecule has 0 spiro atoms. The number of anilines is 2. The summed E-state index contributed by atoms with van der Waals surface area (Å²) in [5.41, 5.74) is 2.96. The van der Waals surface area contributed by atoms with Gasteiger partial charge in [0.05, 0.1) is 22.4 Å². The summed E-state index contributed by atoms with van der Waals surface area (Å²) in [5, 5.41) is 2.81. The van der Waals surface area contributed by atoms with Crippen molar-refractivity contribution >= 4 is 34.2 Å². The molecular weight excluding hydrogens is 392 g/mol. The molecule has 0 saturated heterocycles. The number of hydrogen-bond acceptors (Lipinski definition) is 4. The second kappa shape index (κ2) is 7.95. The number of imidazole rings is 1. The zero-order valence-corrected chi connectivity index (χ0v) is 16.7. The number of fused-ring (bicyclic) bond motifs is 2. The number of carbonyl (C=O) groups excluding carboxylic acids is 2. The van der Waals surface area contributed by atoms with Gasteiger partial charge in [-0.3, -0.25) is 14.5 Å². The van der Waals surface area contributed by atoms with Crippen LogP contribution in [0.25, 0.3) is 11.0 Å². The molecule has 2 amide bonds. The number of ether oxygens (including phenoxy) is 1. The maximum Gasteiger partial charge on any atom is 0.247 e. The van der Waals surface area contributed by atoms with Crippen LogP contribution >= 0.6 is 0 Å². The first-order valence-corrected chi connectivity index (χ1v) is 10.0. The van der Waals surface area contributed by atoms with E-state index in [2.05, 4.69) is 10.3 Å². The van der Waals surface area contributed by atoms with Crippen molar-refractivity contribution in [1.82, 2.24) is 9.55 Å². The number of rotatable bonds is 5. The maximum absolute atomic E-state index is 13.3. The third kappa shape index (κ3) is 3.73. The second-order valence-electron chi connectivity index (χ2n) is 7.25. The van der Waals surface area contributed by atoms with E-state index in [0.717, 1.165) is 16.8 Å². The molecule has 0 atom stereocenters. The molecule has 1 aliphatic heterocycles. The van der Waals surface area contributed by atoms with E-state index >= 15 is 0 Å². The van der Waals surface area contributed by atoms with Crippen LogP contribution < -0.4 is 15.0 Å². The van der Waals surface area contributed by atoms with E-state index in [4.69, 9.17) is 4.74 Å². The Hall–Kier alpha value is -4.13. The first-order valence-electron chi connectivity index (χ1n) is 10.0. The maximum atomic E-state index is 13.3. The molecule has 0 radical (unpaired) electrons. The van der Waals surface area contributed by atoms with E-state index in [1.54, 1.807) is 6.07 Å². The van der Waals surface area contributed by atoms with Crippen LogP contribution in [0.5, 0.6) is 5.75 Å². The zero-order valence-electron chi connectivity index (χ0n) is 16.7. The summed E-state index contributed by atoms with van der Waals surface area (Å²) in [6.45, 7) is 0.261. The molecule has 5 rings (SSSR count). The number of para-hydroxylation sites is 5. The topological polar surface area (TPSA) is 76.5 Å². The number of benzene rings is 3. The smallest absolute Gasteiger partial charge is 0.247 e. The van der Waals surface area contributed by atoms with Crippen LogP contribution in [0.3, 0.4) is 0 Å². The van der Waals surface area contributed by atoms with Gasteiger partial charge < -0.3 is 14.6 Å². The molecule has 4 aromatic rings. The predicted octanol–water partition coefficient (Wildman–Crippen LogP) is 3.60. The molecule has 2 heterocycles. The van der Waals surface area contributed by atoms with E-state index in [1.807, 2.05) is 77.4 Å². The van der Waals surface area contributed by atoms with Crippen LogP contribution in [0, 0.1) is 0 Å². The first-order chi connectivity index (χ1) is 15.2. The van der Waals surface area contributed by atoms with Crippen molar-refractivity contribution < 1.29 is 14.3 Å². The quantitative estimate of drug-likeness (QED) is 0.543. The van der Waals surface area contributed by atoms with Crippen LogP contribution in [0.15, 0.2) is 78.9 Å². The van der Waals surface area contributed by atoms with Crippen molar-refractivity contribution in [2.75, 3.05) is 16.8 Å². The van der Waals surface area contributed by atoms with Gasteiger partial charge in [-0.15, -0.1) is 0 Å². The summed E-state index contributed by atoms with van der Waals surface area (Å²) in [6, 6.07) is 24.4. The Morgan fingerprint density at radius 2 is 1.71 bits per heavy atom. The van der Waals surface area contributed by atoms with Crippen molar-refractivity contribution in [2.24, 2.45) is 0 Å². The lowest BCUT2D eigenvalue weighted by Crippen LogP contribution is -2.43. The Balaban J connectivity index is 1.46. The number of nitrogens with zero attached hydrogens (tertiary/aromatic N) is 3. The molecule has 1 N–H and O–H groups in total. The number of aromatic nitrogens is 2. The van der Waals surface area contributed by atoms with Crippen molar-refractivity contribution in [1.29, 1.82) is 0 Å².